The van der Waals surface area contributed by atoms with Crippen LogP contribution < -0.4 is 5.32 Å². The second-order valence-electron chi connectivity index (χ2n) is 3.19. The first-order valence-corrected chi connectivity index (χ1v) is 4.79. The van der Waals surface area contributed by atoms with Gasteiger partial charge in [-0.25, -0.2) is 9.97 Å². The second kappa shape index (κ2) is 3.01. The monoisotopic (exact) mass is 227 g/mol. The van der Waals surface area contributed by atoms with Gasteiger partial charge in [0.05, 0.1) is 12.4 Å². The molecular formula is C8H10BrN3. The van der Waals surface area contributed by atoms with Gasteiger partial charge in [0.25, 0.3) is 0 Å². The Balaban J connectivity index is 2.00. The van der Waals surface area contributed by atoms with Crippen LogP contribution in [0.5, 0.6) is 0 Å². The summed E-state index contributed by atoms with van der Waals surface area (Å²) < 4.78 is 0.775. The van der Waals surface area contributed by atoms with Crippen LogP contribution in [0.2, 0.25) is 0 Å². The smallest absolute Gasteiger partial charge is 0.144 e. The van der Waals surface area contributed by atoms with Gasteiger partial charge in [-0.1, -0.05) is 6.92 Å². The highest BCUT2D eigenvalue weighted by molar-refractivity contribution is 9.10. The van der Waals surface area contributed by atoms with Crippen molar-refractivity contribution in [1.29, 1.82) is 0 Å². The van der Waals surface area contributed by atoms with Crippen LogP contribution in [0.4, 0.5) is 5.82 Å². The maximum atomic E-state index is 4.17. The maximum Gasteiger partial charge on any atom is 0.144 e. The molecule has 1 saturated carbocycles. The summed E-state index contributed by atoms with van der Waals surface area (Å²) in [6, 6.07) is 0.612. The number of rotatable bonds is 2. The van der Waals surface area contributed by atoms with E-state index in [1.807, 2.05) is 0 Å². The summed E-state index contributed by atoms with van der Waals surface area (Å²) in [6.45, 7) is 2.23. The van der Waals surface area contributed by atoms with Crippen LogP contribution in [-0.4, -0.2) is 16.0 Å². The molecule has 64 valence electrons. The molecule has 1 aliphatic rings. The van der Waals surface area contributed by atoms with E-state index >= 15 is 0 Å². The summed E-state index contributed by atoms with van der Waals surface area (Å²) in [7, 11) is 0. The molecule has 0 saturated heterocycles. The Bertz CT molecular complexity index is 272. The fourth-order valence-corrected chi connectivity index (χ4v) is 1.30. The third-order valence-corrected chi connectivity index (χ3v) is 2.47. The van der Waals surface area contributed by atoms with Gasteiger partial charge in [-0.3, -0.25) is 0 Å². The summed E-state index contributed by atoms with van der Waals surface area (Å²) in [5, 5.41) is 3.30. The van der Waals surface area contributed by atoms with Crippen molar-refractivity contribution in [2.24, 2.45) is 5.92 Å². The molecular weight excluding hydrogens is 218 g/mol. The number of nitrogens with zero attached hydrogens (tertiary/aromatic N) is 2. The third kappa shape index (κ3) is 1.75. The molecule has 1 heterocycles. The molecule has 12 heavy (non-hydrogen) atoms. The van der Waals surface area contributed by atoms with E-state index in [0.29, 0.717) is 6.04 Å². The van der Waals surface area contributed by atoms with Gasteiger partial charge in [0, 0.05) is 6.04 Å². The summed E-state index contributed by atoms with van der Waals surface area (Å²) in [6.07, 6.45) is 4.70. The van der Waals surface area contributed by atoms with Crippen molar-refractivity contribution >= 4 is 21.7 Å². The normalized spacial score (nSPS) is 26.8. The summed E-state index contributed by atoms with van der Waals surface area (Å²) >= 11 is 3.24. The Morgan fingerprint density at radius 1 is 1.50 bits per heavy atom. The number of halogens is 1. The zero-order valence-corrected chi connectivity index (χ0v) is 8.37. The van der Waals surface area contributed by atoms with Gasteiger partial charge in [-0.15, -0.1) is 0 Å². The van der Waals surface area contributed by atoms with Crippen molar-refractivity contribution < 1.29 is 0 Å². The lowest BCUT2D eigenvalue weighted by molar-refractivity contribution is 0.920. The maximum absolute atomic E-state index is 4.17. The largest absolute Gasteiger partial charge is 0.366 e. The van der Waals surface area contributed by atoms with E-state index in [1.54, 1.807) is 12.4 Å². The first kappa shape index (κ1) is 7.98. The van der Waals surface area contributed by atoms with Gasteiger partial charge in [0.15, 0.2) is 0 Å². The minimum Gasteiger partial charge on any atom is -0.366 e. The highest BCUT2D eigenvalue weighted by Gasteiger charge is 2.32. The predicted octanol–water partition coefficient (Wildman–Crippen LogP) is 2.06. The molecule has 0 aromatic carbocycles. The van der Waals surface area contributed by atoms with Gasteiger partial charge in [-0.05, 0) is 28.3 Å². The van der Waals surface area contributed by atoms with Crippen molar-refractivity contribution in [2.45, 2.75) is 19.4 Å². The lowest BCUT2D eigenvalue weighted by atomic mass is 10.5. The molecule has 1 fully saturated rings. The quantitative estimate of drug-likeness (QED) is 0.841. The van der Waals surface area contributed by atoms with E-state index in [-0.39, 0.29) is 0 Å². The molecule has 1 aliphatic carbocycles. The number of hydrogen-bond donors (Lipinski definition) is 1. The number of nitrogens with one attached hydrogen (secondary N) is 1. The molecule has 0 spiro atoms. The summed E-state index contributed by atoms with van der Waals surface area (Å²) in [5.74, 6) is 1.66. The highest BCUT2D eigenvalue weighted by atomic mass is 79.9. The van der Waals surface area contributed by atoms with Crippen molar-refractivity contribution in [2.75, 3.05) is 5.32 Å². The Labute approximate surface area is 79.7 Å². The number of aromatic nitrogens is 2. The molecule has 0 aliphatic heterocycles. The molecule has 1 N–H and O–H groups in total. The van der Waals surface area contributed by atoms with Gasteiger partial charge in [0.2, 0.25) is 0 Å². The van der Waals surface area contributed by atoms with Crippen LogP contribution in [0.25, 0.3) is 0 Å². The second-order valence-corrected chi connectivity index (χ2v) is 4.00. The fourth-order valence-electron chi connectivity index (χ4n) is 1.10. The molecule has 2 rings (SSSR count). The van der Waals surface area contributed by atoms with Crippen LogP contribution in [0.1, 0.15) is 13.3 Å². The Morgan fingerprint density at radius 2 is 2.25 bits per heavy atom. The molecule has 0 bridgehead atoms. The zero-order chi connectivity index (χ0) is 8.55. The van der Waals surface area contributed by atoms with Crippen LogP contribution >= 0.6 is 15.9 Å². The van der Waals surface area contributed by atoms with E-state index < -0.39 is 0 Å². The average molecular weight is 228 g/mol. The van der Waals surface area contributed by atoms with Gasteiger partial charge in [-0.2, -0.15) is 0 Å². The van der Waals surface area contributed by atoms with Gasteiger partial charge < -0.3 is 5.32 Å². The van der Waals surface area contributed by atoms with Crippen molar-refractivity contribution in [1.82, 2.24) is 9.97 Å². The van der Waals surface area contributed by atoms with Crippen LogP contribution in [0.3, 0.4) is 0 Å². The van der Waals surface area contributed by atoms with E-state index in [9.17, 15) is 0 Å². The summed E-state index contributed by atoms with van der Waals surface area (Å²) in [4.78, 5) is 8.25. The Hall–Kier alpha value is -0.640. The van der Waals surface area contributed by atoms with E-state index in [1.165, 1.54) is 6.42 Å². The lowest BCUT2D eigenvalue weighted by Gasteiger charge is -2.01. The number of hydrogen-bond acceptors (Lipinski definition) is 3. The van der Waals surface area contributed by atoms with Crippen LogP contribution in [0.15, 0.2) is 17.0 Å². The molecule has 2 atom stereocenters. The minimum absolute atomic E-state index is 0.612. The molecule has 3 nitrogen and oxygen atoms in total. The molecule has 2 unspecified atom stereocenters. The summed E-state index contributed by atoms with van der Waals surface area (Å²) in [5.41, 5.74) is 0. The Kier molecular flexibility index (Phi) is 2.00. The zero-order valence-electron chi connectivity index (χ0n) is 6.79. The van der Waals surface area contributed by atoms with Gasteiger partial charge in [0.1, 0.15) is 10.4 Å². The fraction of sp³-hybridized carbons (Fsp3) is 0.500. The Morgan fingerprint density at radius 3 is 2.75 bits per heavy atom. The minimum atomic E-state index is 0.612. The molecule has 4 heteroatoms. The highest BCUT2D eigenvalue weighted by Crippen LogP contribution is 2.31. The van der Waals surface area contributed by atoms with Crippen molar-refractivity contribution in [3.63, 3.8) is 0 Å². The molecule has 1 aromatic heterocycles. The first-order chi connectivity index (χ1) is 5.75. The average Bonchev–Trinajstić information content (AvgIpc) is 2.72. The predicted molar refractivity (Wildman–Crippen MR) is 50.9 cm³/mol. The van der Waals surface area contributed by atoms with Gasteiger partial charge >= 0.3 is 0 Å². The first-order valence-electron chi connectivity index (χ1n) is 4.00. The standard InChI is InChI=1S/C8H10BrN3/c1-5-2-6(5)12-8-4-10-7(9)3-11-8/h3-6H,2H2,1H3,(H,11,12). The third-order valence-electron chi connectivity index (χ3n) is 2.06. The van der Waals surface area contributed by atoms with Crippen molar-refractivity contribution in [3.8, 4) is 0 Å². The van der Waals surface area contributed by atoms with Crippen molar-refractivity contribution in [3.05, 3.63) is 17.0 Å². The SMILES string of the molecule is CC1CC1Nc1cnc(Br)cn1. The van der Waals surface area contributed by atoms with Crippen LogP contribution in [-0.2, 0) is 0 Å². The molecule has 0 radical (unpaired) electrons. The molecule has 1 aromatic rings. The molecule has 0 amide bonds. The van der Waals surface area contributed by atoms with E-state index in [0.717, 1.165) is 16.3 Å². The topological polar surface area (TPSA) is 37.8 Å². The number of anilines is 1. The van der Waals surface area contributed by atoms with Crippen LogP contribution in [0, 0.1) is 5.92 Å². The van der Waals surface area contributed by atoms with E-state index in [2.05, 4.69) is 38.1 Å². The lowest BCUT2D eigenvalue weighted by Crippen LogP contribution is -2.05. The van der Waals surface area contributed by atoms with E-state index in [4.69, 9.17) is 0 Å².